The Kier molecular flexibility index (Phi) is 5.98. The molecule has 1 aromatic heterocycles. The Hall–Kier alpha value is -2.90. The molecule has 1 aliphatic rings. The number of fused-ring (bicyclic) bond motifs is 2. The summed E-state index contributed by atoms with van der Waals surface area (Å²) in [5, 5.41) is -1.15. The second kappa shape index (κ2) is 8.69. The third-order valence-electron chi connectivity index (χ3n) is 5.51. The zero-order valence-electron chi connectivity index (χ0n) is 17.7. The van der Waals surface area contributed by atoms with E-state index in [1.165, 1.54) is 0 Å². The fourth-order valence-electron chi connectivity index (χ4n) is 4.10. The summed E-state index contributed by atoms with van der Waals surface area (Å²) in [6.07, 6.45) is 4.90. The standard InChI is InChI=1S/C24H26N2O4S/c1-3-5-10-17-11-9-16-25-23(17)18-12-8-15-21-24(18)26(22(4-2)31(27,28)29)19-13-6-7-14-20(19)30-21/h6-9,11-16,22H,3-5,10H2,1-2H3,(H,27,28,29). The SMILES string of the molecule is CCCCc1cccnc1-c1cccc2c1N(C(CC)S(=O)(=O)O)c1ccccc1O2. The molecule has 6 nitrogen and oxygen atoms in total. The molecule has 1 atom stereocenters. The highest BCUT2D eigenvalue weighted by molar-refractivity contribution is 7.86. The normalized spacial score (nSPS) is 13.8. The van der Waals surface area contributed by atoms with Crippen LogP contribution in [0.15, 0.2) is 60.8 Å². The van der Waals surface area contributed by atoms with Crippen LogP contribution in [-0.2, 0) is 16.5 Å². The fourth-order valence-corrected chi connectivity index (χ4v) is 5.01. The van der Waals surface area contributed by atoms with Gasteiger partial charge in [0.15, 0.2) is 16.9 Å². The molecule has 0 aliphatic carbocycles. The topological polar surface area (TPSA) is 79.7 Å². The van der Waals surface area contributed by atoms with Crippen molar-refractivity contribution >= 4 is 21.5 Å². The summed E-state index contributed by atoms with van der Waals surface area (Å²) >= 11 is 0. The zero-order chi connectivity index (χ0) is 22.0. The van der Waals surface area contributed by atoms with E-state index in [1.807, 2.05) is 36.4 Å². The maximum Gasteiger partial charge on any atom is 0.286 e. The molecular weight excluding hydrogens is 412 g/mol. The summed E-state index contributed by atoms with van der Waals surface area (Å²) in [5.74, 6) is 1.08. The van der Waals surface area contributed by atoms with Crippen molar-refractivity contribution in [2.75, 3.05) is 4.90 Å². The van der Waals surface area contributed by atoms with E-state index >= 15 is 0 Å². The average Bonchev–Trinajstić information content (AvgIpc) is 2.76. The maximum absolute atomic E-state index is 12.4. The minimum absolute atomic E-state index is 0.200. The minimum atomic E-state index is -4.37. The van der Waals surface area contributed by atoms with Crippen LogP contribution in [0.4, 0.5) is 11.4 Å². The van der Waals surface area contributed by atoms with Crippen LogP contribution in [-0.4, -0.2) is 23.3 Å². The van der Waals surface area contributed by atoms with Crippen molar-refractivity contribution in [2.45, 2.75) is 44.9 Å². The number of aromatic nitrogens is 1. The van der Waals surface area contributed by atoms with Crippen molar-refractivity contribution in [2.24, 2.45) is 0 Å². The molecule has 1 aliphatic heterocycles. The molecule has 2 heterocycles. The van der Waals surface area contributed by atoms with Crippen molar-refractivity contribution in [3.05, 3.63) is 66.4 Å². The highest BCUT2D eigenvalue weighted by atomic mass is 32.2. The van der Waals surface area contributed by atoms with E-state index in [0.717, 1.165) is 36.1 Å². The molecule has 0 fully saturated rings. The Bertz CT molecular complexity index is 1190. The number of anilines is 2. The summed E-state index contributed by atoms with van der Waals surface area (Å²) in [6.45, 7) is 3.89. The van der Waals surface area contributed by atoms with Gasteiger partial charge in [-0.15, -0.1) is 0 Å². The number of aryl methyl sites for hydroxylation is 1. The van der Waals surface area contributed by atoms with E-state index in [0.29, 0.717) is 22.9 Å². The van der Waals surface area contributed by atoms with Crippen LogP contribution >= 0.6 is 0 Å². The van der Waals surface area contributed by atoms with Gasteiger partial charge in [0.25, 0.3) is 10.1 Å². The lowest BCUT2D eigenvalue weighted by Crippen LogP contribution is -2.39. The fraction of sp³-hybridized carbons (Fsp3) is 0.292. The van der Waals surface area contributed by atoms with E-state index in [-0.39, 0.29) is 6.42 Å². The molecule has 0 radical (unpaired) electrons. The number of para-hydroxylation sites is 3. The largest absolute Gasteiger partial charge is 0.453 e. The molecule has 3 aromatic rings. The summed E-state index contributed by atoms with van der Waals surface area (Å²) < 4.78 is 41.0. The quantitative estimate of drug-likeness (QED) is 0.459. The Balaban J connectivity index is 1.98. The van der Waals surface area contributed by atoms with Gasteiger partial charge in [-0.1, -0.05) is 50.6 Å². The number of hydrogen-bond donors (Lipinski definition) is 1. The van der Waals surface area contributed by atoms with Gasteiger partial charge in [0, 0.05) is 11.8 Å². The van der Waals surface area contributed by atoms with Crippen LogP contribution in [0.2, 0.25) is 0 Å². The molecule has 0 amide bonds. The van der Waals surface area contributed by atoms with Gasteiger partial charge in [-0.25, -0.2) is 0 Å². The molecule has 0 saturated carbocycles. The van der Waals surface area contributed by atoms with Crippen molar-refractivity contribution < 1.29 is 17.7 Å². The van der Waals surface area contributed by atoms with E-state index in [1.54, 1.807) is 30.2 Å². The highest BCUT2D eigenvalue weighted by Crippen LogP contribution is 2.52. The lowest BCUT2D eigenvalue weighted by atomic mass is 9.98. The van der Waals surface area contributed by atoms with Gasteiger partial charge in [0.05, 0.1) is 17.1 Å². The molecule has 7 heteroatoms. The number of hydrogen-bond acceptors (Lipinski definition) is 5. The Morgan fingerprint density at radius 3 is 2.55 bits per heavy atom. The van der Waals surface area contributed by atoms with Crippen LogP contribution in [0.1, 0.15) is 38.7 Å². The maximum atomic E-state index is 12.4. The first-order valence-corrected chi connectivity index (χ1v) is 12.1. The molecule has 0 bridgehead atoms. The predicted molar refractivity (Wildman–Crippen MR) is 123 cm³/mol. The first-order chi connectivity index (χ1) is 15.0. The predicted octanol–water partition coefficient (Wildman–Crippen LogP) is 5.96. The number of rotatable bonds is 7. The van der Waals surface area contributed by atoms with Crippen molar-refractivity contribution in [3.8, 4) is 22.8 Å². The first-order valence-electron chi connectivity index (χ1n) is 10.5. The van der Waals surface area contributed by atoms with Crippen molar-refractivity contribution in [3.63, 3.8) is 0 Å². The van der Waals surface area contributed by atoms with Gasteiger partial charge in [-0.3, -0.25) is 9.54 Å². The summed E-state index contributed by atoms with van der Waals surface area (Å²) in [7, 11) is -4.37. The van der Waals surface area contributed by atoms with Crippen LogP contribution in [0.3, 0.4) is 0 Å². The molecule has 1 unspecified atom stereocenters. The van der Waals surface area contributed by atoms with Gasteiger partial charge < -0.3 is 9.64 Å². The molecule has 4 rings (SSSR count). The minimum Gasteiger partial charge on any atom is -0.453 e. The van der Waals surface area contributed by atoms with E-state index < -0.39 is 15.5 Å². The molecule has 162 valence electrons. The lowest BCUT2D eigenvalue weighted by molar-refractivity contribution is 0.452. The second-order valence-electron chi connectivity index (χ2n) is 7.58. The van der Waals surface area contributed by atoms with E-state index in [9.17, 15) is 13.0 Å². The summed E-state index contributed by atoms with van der Waals surface area (Å²) in [5.41, 5.74) is 3.86. The molecular formula is C24H26N2O4S. The number of ether oxygens (including phenoxy) is 1. The lowest BCUT2D eigenvalue weighted by Gasteiger charge is -2.38. The Morgan fingerprint density at radius 1 is 1.03 bits per heavy atom. The first kappa shape index (κ1) is 21.3. The second-order valence-corrected chi connectivity index (χ2v) is 9.16. The summed E-state index contributed by atoms with van der Waals surface area (Å²) in [6, 6.07) is 16.9. The van der Waals surface area contributed by atoms with Gasteiger partial charge in [-0.05, 0) is 49.1 Å². The number of nitrogens with zero attached hydrogens (tertiary/aromatic N) is 2. The monoisotopic (exact) mass is 438 g/mol. The number of benzene rings is 2. The third kappa shape index (κ3) is 4.03. The van der Waals surface area contributed by atoms with Gasteiger partial charge in [-0.2, -0.15) is 8.42 Å². The van der Waals surface area contributed by atoms with Gasteiger partial charge >= 0.3 is 0 Å². The number of unbranched alkanes of at least 4 members (excludes halogenated alkanes) is 1. The molecule has 0 saturated heterocycles. The van der Waals surface area contributed by atoms with Crippen LogP contribution in [0.5, 0.6) is 11.5 Å². The smallest absolute Gasteiger partial charge is 0.286 e. The molecule has 0 spiro atoms. The van der Waals surface area contributed by atoms with Crippen LogP contribution in [0, 0.1) is 0 Å². The van der Waals surface area contributed by atoms with Crippen molar-refractivity contribution in [1.29, 1.82) is 0 Å². The van der Waals surface area contributed by atoms with Crippen LogP contribution in [0.25, 0.3) is 11.3 Å². The van der Waals surface area contributed by atoms with Gasteiger partial charge in [0.2, 0.25) is 0 Å². The summed E-state index contributed by atoms with van der Waals surface area (Å²) in [4.78, 5) is 6.33. The molecule has 31 heavy (non-hydrogen) atoms. The van der Waals surface area contributed by atoms with Crippen molar-refractivity contribution in [1.82, 2.24) is 4.98 Å². The van der Waals surface area contributed by atoms with Gasteiger partial charge in [0.1, 0.15) is 0 Å². The molecule has 2 aromatic carbocycles. The van der Waals surface area contributed by atoms with Crippen LogP contribution < -0.4 is 9.64 Å². The third-order valence-corrected chi connectivity index (χ3v) is 6.74. The van der Waals surface area contributed by atoms with E-state index in [4.69, 9.17) is 4.74 Å². The molecule has 1 N–H and O–H groups in total. The zero-order valence-corrected chi connectivity index (χ0v) is 18.5. The Labute approximate surface area is 183 Å². The Morgan fingerprint density at radius 2 is 1.81 bits per heavy atom. The van der Waals surface area contributed by atoms with E-state index in [2.05, 4.69) is 18.0 Å². The average molecular weight is 439 g/mol. The highest BCUT2D eigenvalue weighted by Gasteiger charge is 2.37. The number of pyridine rings is 1.